The van der Waals surface area contributed by atoms with E-state index >= 15 is 0 Å². The van der Waals surface area contributed by atoms with Crippen molar-refractivity contribution >= 4 is 23.1 Å². The lowest BCUT2D eigenvalue weighted by atomic mass is 9.99. The molecule has 6 heteroatoms. The van der Waals surface area contributed by atoms with Crippen molar-refractivity contribution in [3.8, 4) is 17.2 Å². The molecule has 0 aliphatic rings. The molecule has 0 bridgehead atoms. The Morgan fingerprint density at radius 2 is 1.48 bits per heavy atom. The summed E-state index contributed by atoms with van der Waals surface area (Å²) >= 11 is 0. The van der Waals surface area contributed by atoms with Crippen molar-refractivity contribution < 1.29 is 0 Å². The molecule has 0 unspecified atom stereocenters. The Kier molecular flexibility index (Phi) is 5.59. The Balaban J connectivity index is 1.56. The maximum Gasteiger partial charge on any atom is 0.229 e. The monoisotopic (exact) mass is 406 g/mol. The van der Waals surface area contributed by atoms with Gasteiger partial charge in [0.05, 0.1) is 11.6 Å². The van der Waals surface area contributed by atoms with Gasteiger partial charge in [0.25, 0.3) is 0 Å². The zero-order chi connectivity index (χ0) is 21.8. The second-order valence-electron chi connectivity index (χ2n) is 7.38. The van der Waals surface area contributed by atoms with E-state index in [-0.39, 0.29) is 0 Å². The standard InChI is InChI=1S/C25H22N6/c1-16-12-21(20-8-10-27-18(3)14-20)13-17(2)24(16)30-23-9-11-28-25(31-23)29-22-6-4-19(15-26)5-7-22/h4-14H,1-3H3,(H2,28,29,30,31). The van der Waals surface area contributed by atoms with Crippen LogP contribution in [0.15, 0.2) is 67.0 Å². The van der Waals surface area contributed by atoms with Gasteiger partial charge in [-0.15, -0.1) is 0 Å². The molecule has 0 saturated heterocycles. The van der Waals surface area contributed by atoms with Crippen molar-refractivity contribution in [1.82, 2.24) is 15.0 Å². The Hall–Kier alpha value is -4.24. The lowest BCUT2D eigenvalue weighted by Crippen LogP contribution is -2.02. The van der Waals surface area contributed by atoms with E-state index in [1.54, 1.807) is 18.3 Å². The molecule has 0 atom stereocenters. The predicted molar refractivity (Wildman–Crippen MR) is 124 cm³/mol. The van der Waals surface area contributed by atoms with Gasteiger partial charge in [0.1, 0.15) is 5.82 Å². The molecule has 0 aliphatic heterocycles. The number of nitrogens with one attached hydrogen (secondary N) is 2. The first-order valence-corrected chi connectivity index (χ1v) is 9.93. The topological polar surface area (TPSA) is 86.5 Å². The summed E-state index contributed by atoms with van der Waals surface area (Å²) in [5.74, 6) is 1.18. The lowest BCUT2D eigenvalue weighted by molar-refractivity contribution is 1.16. The second-order valence-corrected chi connectivity index (χ2v) is 7.38. The third kappa shape index (κ3) is 4.68. The van der Waals surface area contributed by atoms with Crippen LogP contribution in [0, 0.1) is 32.1 Å². The Morgan fingerprint density at radius 1 is 0.774 bits per heavy atom. The van der Waals surface area contributed by atoms with Gasteiger partial charge in [-0.1, -0.05) is 0 Å². The smallest absolute Gasteiger partial charge is 0.229 e. The molecule has 0 radical (unpaired) electrons. The molecule has 31 heavy (non-hydrogen) atoms. The number of nitrogens with zero attached hydrogens (tertiary/aromatic N) is 4. The fourth-order valence-corrected chi connectivity index (χ4v) is 3.43. The average Bonchev–Trinajstić information content (AvgIpc) is 2.77. The molecule has 6 nitrogen and oxygen atoms in total. The zero-order valence-electron chi connectivity index (χ0n) is 17.6. The van der Waals surface area contributed by atoms with Crippen LogP contribution in [0.25, 0.3) is 11.1 Å². The SMILES string of the molecule is Cc1cc(-c2cc(C)c(Nc3ccnc(Nc4ccc(C#N)cc4)n3)c(C)c2)ccn1. The number of hydrogen-bond acceptors (Lipinski definition) is 6. The van der Waals surface area contributed by atoms with E-state index in [0.29, 0.717) is 17.3 Å². The van der Waals surface area contributed by atoms with Crippen molar-refractivity contribution in [3.63, 3.8) is 0 Å². The number of benzene rings is 2. The molecule has 4 rings (SSSR count). The number of hydrogen-bond donors (Lipinski definition) is 2. The van der Waals surface area contributed by atoms with E-state index in [9.17, 15) is 0 Å². The fourth-order valence-electron chi connectivity index (χ4n) is 3.43. The number of rotatable bonds is 5. The summed E-state index contributed by atoms with van der Waals surface area (Å²) in [5, 5.41) is 15.5. The number of nitriles is 1. The minimum Gasteiger partial charge on any atom is -0.340 e. The van der Waals surface area contributed by atoms with Gasteiger partial charge < -0.3 is 10.6 Å². The molecule has 4 aromatic rings. The summed E-state index contributed by atoms with van der Waals surface area (Å²) in [6.07, 6.45) is 3.55. The van der Waals surface area contributed by atoms with Gasteiger partial charge in [-0.05, 0) is 97.6 Å². The maximum atomic E-state index is 8.93. The molecule has 2 aromatic carbocycles. The van der Waals surface area contributed by atoms with E-state index in [2.05, 4.69) is 63.7 Å². The molecule has 152 valence electrons. The highest BCUT2D eigenvalue weighted by Gasteiger charge is 2.09. The van der Waals surface area contributed by atoms with Crippen LogP contribution in [-0.2, 0) is 0 Å². The van der Waals surface area contributed by atoms with Crippen molar-refractivity contribution in [2.24, 2.45) is 0 Å². The summed E-state index contributed by atoms with van der Waals surface area (Å²) in [6, 6.07) is 19.6. The normalized spacial score (nSPS) is 10.4. The van der Waals surface area contributed by atoms with Crippen molar-refractivity contribution in [2.75, 3.05) is 10.6 Å². The molecular formula is C25H22N6. The number of pyridine rings is 1. The minimum absolute atomic E-state index is 0.480. The van der Waals surface area contributed by atoms with Crippen molar-refractivity contribution in [2.45, 2.75) is 20.8 Å². The summed E-state index contributed by atoms with van der Waals surface area (Å²) in [4.78, 5) is 13.1. The summed E-state index contributed by atoms with van der Waals surface area (Å²) in [6.45, 7) is 6.17. The fraction of sp³-hybridized carbons (Fsp3) is 0.120. The number of aryl methyl sites for hydroxylation is 3. The van der Waals surface area contributed by atoms with Crippen molar-refractivity contribution in [1.29, 1.82) is 5.26 Å². The highest BCUT2D eigenvalue weighted by atomic mass is 15.1. The van der Waals surface area contributed by atoms with Gasteiger partial charge in [0, 0.05) is 29.5 Å². The van der Waals surface area contributed by atoms with Crippen LogP contribution in [0.3, 0.4) is 0 Å². The third-order valence-electron chi connectivity index (χ3n) is 4.94. The molecular weight excluding hydrogens is 384 g/mol. The largest absolute Gasteiger partial charge is 0.340 e. The highest BCUT2D eigenvalue weighted by molar-refractivity contribution is 5.74. The van der Waals surface area contributed by atoms with E-state index in [0.717, 1.165) is 39.3 Å². The molecule has 0 fully saturated rings. The van der Waals surface area contributed by atoms with Gasteiger partial charge in [-0.2, -0.15) is 10.2 Å². The lowest BCUT2D eigenvalue weighted by Gasteiger charge is -2.15. The van der Waals surface area contributed by atoms with Crippen LogP contribution in [0.4, 0.5) is 23.1 Å². The molecule has 0 saturated carbocycles. The van der Waals surface area contributed by atoms with Crippen LogP contribution in [0.2, 0.25) is 0 Å². The predicted octanol–water partition coefficient (Wildman–Crippen LogP) is 5.82. The van der Waals surface area contributed by atoms with Crippen LogP contribution in [0.1, 0.15) is 22.4 Å². The van der Waals surface area contributed by atoms with E-state index in [4.69, 9.17) is 5.26 Å². The Bertz CT molecular complexity index is 1250. The van der Waals surface area contributed by atoms with Gasteiger partial charge in [-0.25, -0.2) is 4.98 Å². The van der Waals surface area contributed by atoms with Crippen LogP contribution >= 0.6 is 0 Å². The van der Waals surface area contributed by atoms with E-state index in [1.165, 1.54) is 0 Å². The molecule has 2 heterocycles. The van der Waals surface area contributed by atoms with Crippen molar-refractivity contribution in [3.05, 3.63) is 89.4 Å². The van der Waals surface area contributed by atoms with Gasteiger partial charge in [0.15, 0.2) is 0 Å². The first-order valence-electron chi connectivity index (χ1n) is 9.93. The summed E-state index contributed by atoms with van der Waals surface area (Å²) < 4.78 is 0. The van der Waals surface area contributed by atoms with Crippen LogP contribution < -0.4 is 10.6 Å². The zero-order valence-corrected chi connectivity index (χ0v) is 17.6. The first-order chi connectivity index (χ1) is 15.0. The van der Waals surface area contributed by atoms with Gasteiger partial charge >= 0.3 is 0 Å². The molecule has 2 aromatic heterocycles. The Morgan fingerprint density at radius 3 is 2.16 bits per heavy atom. The first kappa shape index (κ1) is 20.0. The Labute approximate surface area is 181 Å². The number of aromatic nitrogens is 3. The third-order valence-corrected chi connectivity index (χ3v) is 4.94. The minimum atomic E-state index is 0.480. The number of anilines is 4. The van der Waals surface area contributed by atoms with E-state index < -0.39 is 0 Å². The molecule has 0 spiro atoms. The molecule has 0 aliphatic carbocycles. The highest BCUT2D eigenvalue weighted by Crippen LogP contribution is 2.30. The van der Waals surface area contributed by atoms with Gasteiger partial charge in [0.2, 0.25) is 5.95 Å². The summed E-state index contributed by atoms with van der Waals surface area (Å²) in [5.41, 5.74) is 8.03. The summed E-state index contributed by atoms with van der Waals surface area (Å²) in [7, 11) is 0. The van der Waals surface area contributed by atoms with E-state index in [1.807, 2.05) is 37.4 Å². The second kappa shape index (κ2) is 8.64. The quantitative estimate of drug-likeness (QED) is 0.434. The average molecular weight is 406 g/mol. The maximum absolute atomic E-state index is 8.93. The molecule has 0 amide bonds. The van der Waals surface area contributed by atoms with Crippen LogP contribution in [-0.4, -0.2) is 15.0 Å². The van der Waals surface area contributed by atoms with Gasteiger partial charge in [-0.3, -0.25) is 4.98 Å². The molecule has 2 N–H and O–H groups in total. The van der Waals surface area contributed by atoms with Crippen LogP contribution in [0.5, 0.6) is 0 Å².